The van der Waals surface area contributed by atoms with Crippen molar-refractivity contribution in [3.63, 3.8) is 0 Å². The minimum absolute atomic E-state index is 0.191. The molecular formula is C14H16N2O. The van der Waals surface area contributed by atoms with E-state index in [2.05, 4.69) is 12.1 Å². The molecule has 1 unspecified atom stereocenters. The van der Waals surface area contributed by atoms with Crippen LogP contribution in [0.25, 0.3) is 11.8 Å². The number of amides is 2. The fourth-order valence-corrected chi connectivity index (χ4v) is 2.97. The minimum Gasteiger partial charge on any atom is -0.351 e. The van der Waals surface area contributed by atoms with Gasteiger partial charge in [0.05, 0.1) is 6.04 Å². The number of nitrogens with zero attached hydrogens (tertiary/aromatic N) is 1. The summed E-state index contributed by atoms with van der Waals surface area (Å²) in [6.07, 6.45) is 6.40. The SMILES string of the molecule is NC(=O)N1C=c2ccccc2=C2CCCCC21. The van der Waals surface area contributed by atoms with Crippen molar-refractivity contribution in [3.8, 4) is 0 Å². The van der Waals surface area contributed by atoms with Crippen LogP contribution in [-0.2, 0) is 0 Å². The zero-order chi connectivity index (χ0) is 11.8. The van der Waals surface area contributed by atoms with Crippen LogP contribution in [0.1, 0.15) is 25.7 Å². The molecule has 1 aromatic carbocycles. The summed E-state index contributed by atoms with van der Waals surface area (Å²) < 4.78 is 0. The Labute approximate surface area is 100 Å². The first-order valence-electron chi connectivity index (χ1n) is 6.15. The summed E-state index contributed by atoms with van der Waals surface area (Å²) in [5.41, 5.74) is 6.86. The van der Waals surface area contributed by atoms with Gasteiger partial charge in [0.15, 0.2) is 0 Å². The van der Waals surface area contributed by atoms with Gasteiger partial charge in [-0.25, -0.2) is 4.79 Å². The van der Waals surface area contributed by atoms with Crippen molar-refractivity contribution >= 4 is 17.8 Å². The van der Waals surface area contributed by atoms with Gasteiger partial charge in [-0.15, -0.1) is 0 Å². The lowest BCUT2D eigenvalue weighted by molar-refractivity contribution is 0.218. The fraction of sp³-hybridized carbons (Fsp3) is 0.357. The number of rotatable bonds is 0. The average molecular weight is 228 g/mol. The highest BCUT2D eigenvalue weighted by Crippen LogP contribution is 2.29. The Morgan fingerprint density at radius 2 is 2.12 bits per heavy atom. The monoisotopic (exact) mass is 228 g/mol. The highest BCUT2D eigenvalue weighted by molar-refractivity contribution is 5.80. The number of fused-ring (bicyclic) bond motifs is 2. The van der Waals surface area contributed by atoms with Gasteiger partial charge in [0.1, 0.15) is 0 Å². The molecule has 1 heterocycles. The highest BCUT2D eigenvalue weighted by atomic mass is 16.2. The summed E-state index contributed by atoms with van der Waals surface area (Å²) in [7, 11) is 0. The molecule has 0 saturated heterocycles. The first kappa shape index (κ1) is 10.4. The lowest BCUT2D eigenvalue weighted by Crippen LogP contribution is -2.50. The van der Waals surface area contributed by atoms with Crippen LogP contribution < -0.4 is 16.2 Å². The topological polar surface area (TPSA) is 46.3 Å². The molecule has 0 aromatic heterocycles. The third kappa shape index (κ3) is 1.62. The van der Waals surface area contributed by atoms with E-state index < -0.39 is 0 Å². The van der Waals surface area contributed by atoms with E-state index >= 15 is 0 Å². The van der Waals surface area contributed by atoms with E-state index in [1.807, 2.05) is 18.3 Å². The van der Waals surface area contributed by atoms with Gasteiger partial charge in [0.2, 0.25) is 0 Å². The Kier molecular flexibility index (Phi) is 2.39. The first-order chi connectivity index (χ1) is 8.27. The molecule has 1 fully saturated rings. The maximum Gasteiger partial charge on any atom is 0.319 e. The van der Waals surface area contributed by atoms with Crippen LogP contribution >= 0.6 is 0 Å². The molecule has 2 aliphatic rings. The standard InChI is InChI=1S/C14H16N2O/c15-14(17)16-9-10-5-1-2-6-11(10)12-7-3-4-8-13(12)16/h1-2,5-6,9,13H,3-4,7-8H2,(H2,15,17). The zero-order valence-corrected chi connectivity index (χ0v) is 9.73. The molecule has 2 amide bonds. The smallest absolute Gasteiger partial charge is 0.319 e. The molecule has 3 heteroatoms. The van der Waals surface area contributed by atoms with Crippen LogP contribution in [0, 0.1) is 0 Å². The molecule has 0 bridgehead atoms. The van der Waals surface area contributed by atoms with Crippen LogP contribution in [-0.4, -0.2) is 17.0 Å². The Bertz CT molecular complexity index is 576. The lowest BCUT2D eigenvalue weighted by Gasteiger charge is -2.35. The summed E-state index contributed by atoms with van der Waals surface area (Å²) in [5.74, 6) is 0. The third-order valence-corrected chi connectivity index (χ3v) is 3.75. The largest absolute Gasteiger partial charge is 0.351 e. The quantitative estimate of drug-likeness (QED) is 0.705. The molecule has 3 rings (SSSR count). The second kappa shape index (κ2) is 3.91. The number of nitrogens with two attached hydrogens (primary N) is 1. The molecule has 1 aliphatic heterocycles. The molecule has 1 aromatic rings. The number of hydrogen-bond acceptors (Lipinski definition) is 1. The molecular weight excluding hydrogens is 212 g/mol. The van der Waals surface area contributed by atoms with E-state index in [1.54, 1.807) is 4.90 Å². The van der Waals surface area contributed by atoms with E-state index in [1.165, 1.54) is 23.6 Å². The third-order valence-electron chi connectivity index (χ3n) is 3.75. The molecule has 2 N–H and O–H groups in total. The molecule has 3 nitrogen and oxygen atoms in total. The van der Waals surface area contributed by atoms with E-state index in [-0.39, 0.29) is 12.1 Å². The van der Waals surface area contributed by atoms with Gasteiger partial charge < -0.3 is 5.73 Å². The van der Waals surface area contributed by atoms with Gasteiger partial charge in [-0.2, -0.15) is 0 Å². The summed E-state index contributed by atoms with van der Waals surface area (Å²) in [6, 6.07) is 8.10. The molecule has 17 heavy (non-hydrogen) atoms. The van der Waals surface area contributed by atoms with Crippen molar-refractivity contribution in [3.05, 3.63) is 34.7 Å². The van der Waals surface area contributed by atoms with Gasteiger partial charge >= 0.3 is 6.03 Å². The summed E-state index contributed by atoms with van der Waals surface area (Å²) in [5, 5.41) is 2.41. The van der Waals surface area contributed by atoms with Crippen LogP contribution in [0.15, 0.2) is 24.3 Å². The summed E-state index contributed by atoms with van der Waals surface area (Å²) >= 11 is 0. The van der Waals surface area contributed by atoms with Crippen LogP contribution in [0.2, 0.25) is 0 Å². The zero-order valence-electron chi connectivity index (χ0n) is 9.73. The number of carbonyl (C=O) groups excluding carboxylic acids is 1. The van der Waals surface area contributed by atoms with Crippen molar-refractivity contribution in [1.29, 1.82) is 0 Å². The average Bonchev–Trinajstić information content (AvgIpc) is 2.37. The number of hydrogen-bond donors (Lipinski definition) is 1. The van der Waals surface area contributed by atoms with Crippen LogP contribution in [0.4, 0.5) is 4.79 Å². The van der Waals surface area contributed by atoms with Gasteiger partial charge in [-0.3, -0.25) is 4.90 Å². The molecule has 1 atom stereocenters. The molecule has 1 aliphatic carbocycles. The second-order valence-electron chi connectivity index (χ2n) is 4.75. The van der Waals surface area contributed by atoms with Crippen molar-refractivity contribution < 1.29 is 4.79 Å². The van der Waals surface area contributed by atoms with Crippen LogP contribution in [0.3, 0.4) is 0 Å². The van der Waals surface area contributed by atoms with Crippen molar-refractivity contribution in [2.24, 2.45) is 5.73 Å². The second-order valence-corrected chi connectivity index (χ2v) is 4.75. The number of urea groups is 1. The summed E-state index contributed by atoms with van der Waals surface area (Å²) in [4.78, 5) is 13.2. The normalized spacial score (nSPS) is 22.5. The van der Waals surface area contributed by atoms with E-state index in [0.717, 1.165) is 18.1 Å². The van der Waals surface area contributed by atoms with Gasteiger partial charge in [-0.05, 0) is 35.3 Å². The maximum absolute atomic E-state index is 11.5. The molecule has 88 valence electrons. The van der Waals surface area contributed by atoms with Gasteiger partial charge in [0, 0.05) is 6.20 Å². The Balaban J connectivity index is 2.25. The Hall–Kier alpha value is -1.77. The minimum atomic E-state index is -0.344. The Morgan fingerprint density at radius 1 is 1.29 bits per heavy atom. The predicted octanol–water partition coefficient (Wildman–Crippen LogP) is 0.912. The van der Waals surface area contributed by atoms with Crippen molar-refractivity contribution in [2.75, 3.05) is 0 Å². The molecule has 1 saturated carbocycles. The van der Waals surface area contributed by atoms with Crippen molar-refractivity contribution in [1.82, 2.24) is 4.90 Å². The Morgan fingerprint density at radius 3 is 2.94 bits per heavy atom. The molecule has 0 spiro atoms. The first-order valence-corrected chi connectivity index (χ1v) is 6.15. The summed E-state index contributed by atoms with van der Waals surface area (Å²) in [6.45, 7) is 0. The van der Waals surface area contributed by atoms with Gasteiger partial charge in [-0.1, -0.05) is 30.7 Å². The molecule has 0 radical (unpaired) electrons. The van der Waals surface area contributed by atoms with Crippen LogP contribution in [0.5, 0.6) is 0 Å². The maximum atomic E-state index is 11.5. The number of primary amides is 1. The highest BCUT2D eigenvalue weighted by Gasteiger charge is 2.29. The van der Waals surface area contributed by atoms with Crippen molar-refractivity contribution in [2.45, 2.75) is 31.7 Å². The van der Waals surface area contributed by atoms with E-state index in [0.29, 0.717) is 0 Å². The van der Waals surface area contributed by atoms with E-state index in [4.69, 9.17) is 5.73 Å². The van der Waals surface area contributed by atoms with E-state index in [9.17, 15) is 4.79 Å². The van der Waals surface area contributed by atoms with Gasteiger partial charge in [0.25, 0.3) is 0 Å². The number of benzene rings is 1. The predicted molar refractivity (Wildman–Crippen MR) is 67.2 cm³/mol. The number of carbonyl (C=O) groups is 1. The lowest BCUT2D eigenvalue weighted by atomic mass is 9.85. The fourth-order valence-electron chi connectivity index (χ4n) is 2.97.